The first-order valence-electron chi connectivity index (χ1n) is 4.69. The van der Waals surface area contributed by atoms with Gasteiger partial charge in [0.15, 0.2) is 0 Å². The molecule has 0 aliphatic carbocycles. The van der Waals surface area contributed by atoms with Gasteiger partial charge in [0.2, 0.25) is 0 Å². The Morgan fingerprint density at radius 2 is 2.00 bits per heavy atom. The summed E-state index contributed by atoms with van der Waals surface area (Å²) in [6.07, 6.45) is 0. The monoisotopic (exact) mass is 272 g/mol. The van der Waals surface area contributed by atoms with Crippen molar-refractivity contribution in [3.05, 3.63) is 23.8 Å². The number of hydrogen-bond donors (Lipinski definition) is 0. The molecule has 0 saturated carbocycles. The van der Waals surface area contributed by atoms with Crippen LogP contribution in [0.5, 0.6) is 11.5 Å². The van der Waals surface area contributed by atoms with E-state index in [9.17, 15) is 0 Å². The summed E-state index contributed by atoms with van der Waals surface area (Å²) in [5.74, 6) is 1.63. The maximum absolute atomic E-state index is 5.34. The molecule has 0 unspecified atom stereocenters. The second-order valence-electron chi connectivity index (χ2n) is 3.52. The molecule has 0 N–H and O–H groups in total. The summed E-state index contributed by atoms with van der Waals surface area (Å²) in [6, 6.07) is 5.82. The molecule has 82 valence electrons. The van der Waals surface area contributed by atoms with E-state index in [0.29, 0.717) is 13.2 Å². The number of hydrogen-bond acceptors (Lipinski definition) is 3. The summed E-state index contributed by atoms with van der Waals surface area (Å²) in [5, 5.41) is 0. The minimum Gasteiger partial charge on any atom is -0.497 e. The Morgan fingerprint density at radius 1 is 1.27 bits per heavy atom. The van der Waals surface area contributed by atoms with Crippen molar-refractivity contribution < 1.29 is 14.2 Å². The van der Waals surface area contributed by atoms with Crippen LogP contribution in [0.25, 0.3) is 0 Å². The van der Waals surface area contributed by atoms with Gasteiger partial charge in [0, 0.05) is 11.6 Å². The van der Waals surface area contributed by atoms with E-state index >= 15 is 0 Å². The molecule has 0 atom stereocenters. The second kappa shape index (κ2) is 4.02. The Bertz CT molecular complexity index is 361. The van der Waals surface area contributed by atoms with Gasteiger partial charge in [-0.15, -0.1) is 0 Å². The van der Waals surface area contributed by atoms with Crippen LogP contribution < -0.4 is 9.47 Å². The van der Waals surface area contributed by atoms with E-state index in [4.69, 9.17) is 14.2 Å². The predicted octanol–water partition coefficient (Wildman–Crippen LogP) is 2.32. The summed E-state index contributed by atoms with van der Waals surface area (Å²) in [5.41, 5.74) is 1.11. The lowest BCUT2D eigenvalue weighted by Crippen LogP contribution is -2.41. The number of alkyl halides is 1. The van der Waals surface area contributed by atoms with Crippen LogP contribution in [0, 0.1) is 0 Å². The molecule has 1 heterocycles. The molecule has 1 aliphatic rings. The molecule has 0 bridgehead atoms. The van der Waals surface area contributed by atoms with E-state index in [1.807, 2.05) is 18.2 Å². The van der Waals surface area contributed by atoms with E-state index in [-0.39, 0.29) is 4.32 Å². The fraction of sp³-hybridized carbons (Fsp3) is 0.455. The van der Waals surface area contributed by atoms with Crippen molar-refractivity contribution >= 4 is 15.9 Å². The van der Waals surface area contributed by atoms with Crippen LogP contribution in [0.1, 0.15) is 5.56 Å². The molecule has 15 heavy (non-hydrogen) atoms. The highest BCUT2D eigenvalue weighted by Gasteiger charge is 2.39. The maximum atomic E-state index is 5.34. The van der Waals surface area contributed by atoms with E-state index in [2.05, 4.69) is 15.9 Å². The molecule has 1 aromatic rings. The van der Waals surface area contributed by atoms with Crippen LogP contribution in [-0.4, -0.2) is 27.4 Å². The Morgan fingerprint density at radius 3 is 2.47 bits per heavy atom. The molecule has 0 aromatic heterocycles. The summed E-state index contributed by atoms with van der Waals surface area (Å²) in [4.78, 5) is 0. The summed E-state index contributed by atoms with van der Waals surface area (Å²) < 4.78 is 15.6. The Kier molecular flexibility index (Phi) is 2.89. The van der Waals surface area contributed by atoms with Gasteiger partial charge >= 0.3 is 0 Å². The zero-order valence-corrected chi connectivity index (χ0v) is 10.3. The highest BCUT2D eigenvalue weighted by Crippen LogP contribution is 2.43. The number of benzene rings is 1. The highest BCUT2D eigenvalue weighted by atomic mass is 79.9. The van der Waals surface area contributed by atoms with Crippen molar-refractivity contribution in [2.45, 2.75) is 4.32 Å². The van der Waals surface area contributed by atoms with E-state index in [0.717, 1.165) is 17.1 Å². The third kappa shape index (κ3) is 1.84. The van der Waals surface area contributed by atoms with Gasteiger partial charge in [0.1, 0.15) is 15.8 Å². The quantitative estimate of drug-likeness (QED) is 0.791. The maximum Gasteiger partial charge on any atom is 0.127 e. The normalized spacial score (nSPS) is 18.1. The topological polar surface area (TPSA) is 27.7 Å². The predicted molar refractivity (Wildman–Crippen MR) is 61.0 cm³/mol. The number of halogens is 1. The number of methoxy groups -OCH3 is 2. The first-order valence-corrected chi connectivity index (χ1v) is 5.48. The molecule has 3 nitrogen and oxygen atoms in total. The van der Waals surface area contributed by atoms with Crippen molar-refractivity contribution in [1.82, 2.24) is 0 Å². The molecule has 4 heteroatoms. The smallest absolute Gasteiger partial charge is 0.127 e. The Hall–Kier alpha value is -0.740. The number of ether oxygens (including phenoxy) is 3. The van der Waals surface area contributed by atoms with Crippen LogP contribution in [-0.2, 0) is 9.06 Å². The highest BCUT2D eigenvalue weighted by molar-refractivity contribution is 9.09. The van der Waals surface area contributed by atoms with Gasteiger partial charge in [-0.05, 0) is 6.07 Å². The summed E-state index contributed by atoms with van der Waals surface area (Å²) in [6.45, 7) is 1.35. The average Bonchev–Trinajstić information content (AvgIpc) is 2.25. The Balaban J connectivity index is 2.38. The molecule has 1 saturated heterocycles. The van der Waals surface area contributed by atoms with Gasteiger partial charge in [0.25, 0.3) is 0 Å². The largest absolute Gasteiger partial charge is 0.497 e. The first-order chi connectivity index (χ1) is 7.19. The lowest BCUT2D eigenvalue weighted by molar-refractivity contribution is -0.00791. The SMILES string of the molecule is COc1ccc(C2(Br)COC2)c(OC)c1. The zero-order valence-electron chi connectivity index (χ0n) is 8.75. The van der Waals surface area contributed by atoms with E-state index < -0.39 is 0 Å². The van der Waals surface area contributed by atoms with Crippen molar-refractivity contribution in [3.8, 4) is 11.5 Å². The second-order valence-corrected chi connectivity index (χ2v) is 5.04. The third-order valence-corrected chi connectivity index (χ3v) is 3.44. The van der Waals surface area contributed by atoms with Gasteiger partial charge in [-0.1, -0.05) is 22.0 Å². The molecular weight excluding hydrogens is 260 g/mol. The lowest BCUT2D eigenvalue weighted by atomic mass is 9.96. The standard InChI is InChI=1S/C11H13BrO3/c1-13-8-3-4-9(10(5-8)14-2)11(12)6-15-7-11/h3-5H,6-7H2,1-2H3. The van der Waals surface area contributed by atoms with Crippen LogP contribution in [0.3, 0.4) is 0 Å². The molecular formula is C11H13BrO3. The minimum atomic E-state index is -0.0926. The lowest BCUT2D eigenvalue weighted by Gasteiger charge is -2.37. The van der Waals surface area contributed by atoms with Gasteiger partial charge < -0.3 is 14.2 Å². The van der Waals surface area contributed by atoms with Crippen LogP contribution in [0.15, 0.2) is 18.2 Å². The van der Waals surface area contributed by atoms with E-state index in [1.165, 1.54) is 0 Å². The van der Waals surface area contributed by atoms with Crippen molar-refractivity contribution in [2.75, 3.05) is 27.4 Å². The van der Waals surface area contributed by atoms with Crippen molar-refractivity contribution in [2.24, 2.45) is 0 Å². The molecule has 0 amide bonds. The Labute approximate surface area is 97.5 Å². The molecule has 0 spiro atoms. The average molecular weight is 273 g/mol. The molecule has 1 fully saturated rings. The van der Waals surface area contributed by atoms with Gasteiger partial charge in [-0.3, -0.25) is 0 Å². The van der Waals surface area contributed by atoms with Crippen LogP contribution in [0.2, 0.25) is 0 Å². The van der Waals surface area contributed by atoms with Crippen molar-refractivity contribution in [1.29, 1.82) is 0 Å². The fourth-order valence-corrected chi connectivity index (χ4v) is 2.26. The molecule has 2 rings (SSSR count). The molecule has 0 radical (unpaired) electrons. The summed E-state index contributed by atoms with van der Waals surface area (Å²) >= 11 is 3.67. The molecule has 1 aromatic carbocycles. The fourth-order valence-electron chi connectivity index (χ4n) is 1.61. The zero-order chi connectivity index (χ0) is 10.9. The number of rotatable bonds is 3. The van der Waals surface area contributed by atoms with E-state index in [1.54, 1.807) is 14.2 Å². The van der Waals surface area contributed by atoms with Gasteiger partial charge in [-0.2, -0.15) is 0 Å². The van der Waals surface area contributed by atoms with Crippen LogP contribution in [0.4, 0.5) is 0 Å². The van der Waals surface area contributed by atoms with Crippen molar-refractivity contribution in [3.63, 3.8) is 0 Å². The minimum absolute atomic E-state index is 0.0926. The van der Waals surface area contributed by atoms with Gasteiger partial charge in [0.05, 0.1) is 27.4 Å². The first kappa shape index (κ1) is 10.8. The third-order valence-electron chi connectivity index (χ3n) is 2.55. The van der Waals surface area contributed by atoms with Crippen LogP contribution >= 0.6 is 15.9 Å². The molecule has 1 aliphatic heterocycles. The summed E-state index contributed by atoms with van der Waals surface area (Å²) in [7, 11) is 3.30. The van der Waals surface area contributed by atoms with Gasteiger partial charge in [-0.25, -0.2) is 0 Å².